The molecule has 0 spiro atoms. The molecule has 0 radical (unpaired) electrons. The van der Waals surface area contributed by atoms with Gasteiger partial charge in [0.15, 0.2) is 0 Å². The van der Waals surface area contributed by atoms with Gasteiger partial charge in [0.2, 0.25) is 0 Å². The van der Waals surface area contributed by atoms with E-state index < -0.39 is 24.7 Å². The van der Waals surface area contributed by atoms with Crippen LogP contribution >= 0.6 is 0 Å². The van der Waals surface area contributed by atoms with Crippen LogP contribution < -0.4 is 5.73 Å². The van der Waals surface area contributed by atoms with Gasteiger partial charge in [0.25, 0.3) is 0 Å². The number of carbonyl (C=O) groups excluding carboxylic acids is 1. The molecule has 4 nitrogen and oxygen atoms in total. The molecular formula is C8H15F3N2O2. The molecule has 0 aliphatic carbocycles. The van der Waals surface area contributed by atoms with Gasteiger partial charge in [-0.25, -0.2) is 0 Å². The number of esters is 1. The van der Waals surface area contributed by atoms with E-state index in [-0.39, 0.29) is 13.0 Å². The predicted octanol–water partition coefficient (Wildman–Crippen LogP) is 0.371. The fourth-order valence-corrected chi connectivity index (χ4v) is 1.01. The number of alkyl halides is 3. The Kier molecular flexibility index (Phi) is 5.59. The third kappa shape index (κ3) is 7.15. The van der Waals surface area contributed by atoms with Crippen LogP contribution in [0.2, 0.25) is 0 Å². The quantitative estimate of drug-likeness (QED) is 0.691. The Morgan fingerprint density at radius 2 is 2.07 bits per heavy atom. The summed E-state index contributed by atoms with van der Waals surface area (Å²) in [5, 5.41) is 0. The van der Waals surface area contributed by atoms with Gasteiger partial charge in [-0.15, -0.1) is 0 Å². The first-order chi connectivity index (χ1) is 6.76. The Bertz CT molecular complexity index is 209. The number of nitrogens with two attached hydrogens (primary N) is 1. The van der Waals surface area contributed by atoms with E-state index in [1.165, 1.54) is 14.2 Å². The first kappa shape index (κ1) is 14.2. The highest BCUT2D eigenvalue weighted by Crippen LogP contribution is 2.15. The van der Waals surface area contributed by atoms with Gasteiger partial charge >= 0.3 is 12.1 Å². The average Bonchev–Trinajstić information content (AvgIpc) is 2.10. The second-order valence-electron chi connectivity index (χ2n) is 3.27. The maximum absolute atomic E-state index is 11.9. The molecule has 0 fully saturated rings. The highest BCUT2D eigenvalue weighted by atomic mass is 19.4. The normalized spacial score (nSPS) is 14.1. The largest absolute Gasteiger partial charge is 0.468 e. The summed E-state index contributed by atoms with van der Waals surface area (Å²) in [6.07, 6.45) is -4.09. The van der Waals surface area contributed by atoms with Crippen LogP contribution in [0.5, 0.6) is 0 Å². The summed E-state index contributed by atoms with van der Waals surface area (Å²) in [6.45, 7) is -0.920. The molecule has 0 aromatic heterocycles. The standard InChI is InChI=1S/C8H15F3N2O2/c1-13(5-8(9,10)11)4-3-6(12)7(14)15-2/h6H,3-5,12H2,1-2H3. The van der Waals surface area contributed by atoms with Crippen molar-refractivity contribution in [2.45, 2.75) is 18.6 Å². The predicted molar refractivity (Wildman–Crippen MR) is 48.2 cm³/mol. The molecule has 15 heavy (non-hydrogen) atoms. The SMILES string of the molecule is COC(=O)C(N)CCN(C)CC(F)(F)F. The Morgan fingerprint density at radius 3 is 2.47 bits per heavy atom. The molecule has 0 aliphatic heterocycles. The molecule has 1 unspecified atom stereocenters. The fourth-order valence-electron chi connectivity index (χ4n) is 1.01. The smallest absolute Gasteiger partial charge is 0.401 e. The molecule has 0 aliphatic rings. The number of carbonyl (C=O) groups is 1. The van der Waals surface area contributed by atoms with E-state index >= 15 is 0 Å². The molecule has 7 heteroatoms. The van der Waals surface area contributed by atoms with Crippen molar-refractivity contribution < 1.29 is 22.7 Å². The van der Waals surface area contributed by atoms with E-state index in [1.807, 2.05) is 0 Å². The van der Waals surface area contributed by atoms with Crippen molar-refractivity contribution in [3.63, 3.8) is 0 Å². The van der Waals surface area contributed by atoms with E-state index in [9.17, 15) is 18.0 Å². The third-order valence-electron chi connectivity index (χ3n) is 1.77. The lowest BCUT2D eigenvalue weighted by molar-refractivity contribution is -0.144. The molecule has 0 aromatic rings. The first-order valence-electron chi connectivity index (χ1n) is 4.35. The van der Waals surface area contributed by atoms with Crippen LogP contribution in [0.4, 0.5) is 13.2 Å². The zero-order chi connectivity index (χ0) is 12.1. The van der Waals surface area contributed by atoms with Gasteiger partial charge < -0.3 is 10.5 Å². The Hall–Kier alpha value is -0.820. The molecular weight excluding hydrogens is 213 g/mol. The van der Waals surface area contributed by atoms with E-state index in [0.717, 1.165) is 4.90 Å². The van der Waals surface area contributed by atoms with Crippen LogP contribution in [-0.4, -0.2) is 50.3 Å². The number of hydrogen-bond acceptors (Lipinski definition) is 4. The van der Waals surface area contributed by atoms with E-state index in [1.54, 1.807) is 0 Å². The fraction of sp³-hybridized carbons (Fsp3) is 0.875. The van der Waals surface area contributed by atoms with Gasteiger partial charge in [0.05, 0.1) is 13.7 Å². The zero-order valence-corrected chi connectivity index (χ0v) is 8.67. The monoisotopic (exact) mass is 228 g/mol. The Balaban J connectivity index is 3.81. The van der Waals surface area contributed by atoms with Crippen molar-refractivity contribution in [2.75, 3.05) is 27.2 Å². The van der Waals surface area contributed by atoms with Crippen molar-refractivity contribution in [3.8, 4) is 0 Å². The van der Waals surface area contributed by atoms with Gasteiger partial charge in [-0.3, -0.25) is 9.69 Å². The maximum atomic E-state index is 11.9. The molecule has 0 saturated heterocycles. The van der Waals surface area contributed by atoms with Crippen LogP contribution in [0.1, 0.15) is 6.42 Å². The number of rotatable bonds is 5. The minimum atomic E-state index is -4.23. The minimum Gasteiger partial charge on any atom is -0.468 e. The lowest BCUT2D eigenvalue weighted by atomic mass is 10.2. The van der Waals surface area contributed by atoms with Crippen LogP contribution in [0, 0.1) is 0 Å². The van der Waals surface area contributed by atoms with E-state index in [2.05, 4.69) is 4.74 Å². The summed E-state index contributed by atoms with van der Waals surface area (Å²) in [5.41, 5.74) is 5.36. The number of methoxy groups -OCH3 is 1. The summed E-state index contributed by atoms with van der Waals surface area (Å²) in [6, 6.07) is -0.870. The molecule has 1 atom stereocenters. The van der Waals surface area contributed by atoms with Crippen LogP contribution in [0.3, 0.4) is 0 Å². The van der Waals surface area contributed by atoms with E-state index in [0.29, 0.717) is 0 Å². The molecule has 0 bridgehead atoms. The van der Waals surface area contributed by atoms with Crippen LogP contribution in [-0.2, 0) is 9.53 Å². The summed E-state index contributed by atoms with van der Waals surface area (Å²) in [5.74, 6) is -0.615. The number of halogens is 3. The summed E-state index contributed by atoms with van der Waals surface area (Å²) in [4.78, 5) is 11.9. The third-order valence-corrected chi connectivity index (χ3v) is 1.77. The minimum absolute atomic E-state index is 0.0930. The van der Waals surface area contributed by atoms with Gasteiger partial charge in [-0.05, 0) is 13.5 Å². The van der Waals surface area contributed by atoms with Crippen molar-refractivity contribution in [1.29, 1.82) is 0 Å². The average molecular weight is 228 g/mol. The van der Waals surface area contributed by atoms with Gasteiger partial charge in [-0.2, -0.15) is 13.2 Å². The number of nitrogens with zero attached hydrogens (tertiary/aromatic N) is 1. The number of ether oxygens (including phenoxy) is 1. The lowest BCUT2D eigenvalue weighted by Gasteiger charge is -2.19. The van der Waals surface area contributed by atoms with Gasteiger partial charge in [0, 0.05) is 6.54 Å². The maximum Gasteiger partial charge on any atom is 0.401 e. The second-order valence-corrected chi connectivity index (χ2v) is 3.27. The van der Waals surface area contributed by atoms with Crippen LogP contribution in [0.15, 0.2) is 0 Å². The topological polar surface area (TPSA) is 55.6 Å². The molecule has 2 N–H and O–H groups in total. The van der Waals surface area contributed by atoms with Crippen molar-refractivity contribution >= 4 is 5.97 Å². The summed E-state index contributed by atoms with van der Waals surface area (Å²) < 4.78 is 40.0. The lowest BCUT2D eigenvalue weighted by Crippen LogP contribution is -2.38. The zero-order valence-electron chi connectivity index (χ0n) is 8.67. The van der Waals surface area contributed by atoms with Crippen LogP contribution in [0.25, 0.3) is 0 Å². The van der Waals surface area contributed by atoms with Crippen molar-refractivity contribution in [2.24, 2.45) is 5.73 Å². The molecule has 0 heterocycles. The molecule has 0 saturated carbocycles. The van der Waals surface area contributed by atoms with Gasteiger partial charge in [-0.1, -0.05) is 0 Å². The molecule has 90 valence electrons. The molecule has 0 amide bonds. The Labute approximate surface area is 86.2 Å². The van der Waals surface area contributed by atoms with Crippen molar-refractivity contribution in [3.05, 3.63) is 0 Å². The molecule has 0 aromatic carbocycles. The second kappa shape index (κ2) is 5.92. The highest BCUT2D eigenvalue weighted by Gasteiger charge is 2.29. The van der Waals surface area contributed by atoms with Gasteiger partial charge in [0.1, 0.15) is 6.04 Å². The first-order valence-corrected chi connectivity index (χ1v) is 4.35. The van der Waals surface area contributed by atoms with E-state index in [4.69, 9.17) is 5.73 Å². The summed E-state index contributed by atoms with van der Waals surface area (Å²) in [7, 11) is 2.50. The number of hydrogen-bond donors (Lipinski definition) is 1. The van der Waals surface area contributed by atoms with Crippen molar-refractivity contribution in [1.82, 2.24) is 4.90 Å². The Morgan fingerprint density at radius 1 is 1.53 bits per heavy atom. The summed E-state index contributed by atoms with van der Waals surface area (Å²) >= 11 is 0. The highest BCUT2D eigenvalue weighted by molar-refractivity contribution is 5.75. The molecule has 0 rings (SSSR count).